The molecule has 0 aromatic heterocycles. The summed E-state index contributed by atoms with van der Waals surface area (Å²) in [5.74, 6) is -2.79. The number of hydrogen-bond acceptors (Lipinski definition) is 3. The fourth-order valence-electron chi connectivity index (χ4n) is 1.72. The zero-order chi connectivity index (χ0) is 10.0. The third kappa shape index (κ3) is 1.98. The second-order valence-electron chi connectivity index (χ2n) is 3.35. The summed E-state index contributed by atoms with van der Waals surface area (Å²) in [6.07, 6.45) is 0.616. The summed E-state index contributed by atoms with van der Waals surface area (Å²) in [6.45, 7) is 2.13. The van der Waals surface area contributed by atoms with Crippen LogP contribution in [0.15, 0.2) is 0 Å². The van der Waals surface area contributed by atoms with Gasteiger partial charge in [-0.1, -0.05) is 6.92 Å². The lowest BCUT2D eigenvalue weighted by atomic mass is 9.87. The number of nitrogens with one attached hydrogen (secondary N) is 1. The van der Waals surface area contributed by atoms with E-state index in [1.165, 1.54) is 0 Å². The highest BCUT2D eigenvalue weighted by Gasteiger charge is 2.38. The Morgan fingerprint density at radius 2 is 2.08 bits per heavy atom. The van der Waals surface area contributed by atoms with E-state index in [0.29, 0.717) is 13.0 Å². The maximum atomic E-state index is 10.7. The molecule has 3 atom stereocenters. The molecule has 3 N–H and O–H groups in total. The van der Waals surface area contributed by atoms with Gasteiger partial charge in [-0.05, 0) is 18.9 Å². The van der Waals surface area contributed by atoms with E-state index < -0.39 is 23.9 Å². The van der Waals surface area contributed by atoms with Gasteiger partial charge < -0.3 is 15.5 Å². The Bertz CT molecular complexity index is 228. The second-order valence-corrected chi connectivity index (χ2v) is 3.35. The molecule has 1 heterocycles. The maximum Gasteiger partial charge on any atom is 0.321 e. The van der Waals surface area contributed by atoms with E-state index in [-0.39, 0.29) is 5.92 Å². The van der Waals surface area contributed by atoms with Crippen molar-refractivity contribution in [3.05, 3.63) is 0 Å². The normalized spacial score (nSPS) is 29.9. The lowest BCUT2D eigenvalue weighted by molar-refractivity contribution is -0.145. The smallest absolute Gasteiger partial charge is 0.321 e. The number of carbonyl (C=O) groups is 2. The lowest BCUT2D eigenvalue weighted by Gasteiger charge is -2.18. The van der Waals surface area contributed by atoms with Crippen molar-refractivity contribution in [2.75, 3.05) is 6.54 Å². The van der Waals surface area contributed by atoms with Crippen LogP contribution in [0.4, 0.5) is 0 Å². The summed E-state index contributed by atoms with van der Waals surface area (Å²) in [4.78, 5) is 21.3. The van der Waals surface area contributed by atoms with E-state index in [2.05, 4.69) is 5.32 Å². The van der Waals surface area contributed by atoms with Gasteiger partial charge in [-0.3, -0.25) is 9.59 Å². The zero-order valence-electron chi connectivity index (χ0n) is 7.36. The van der Waals surface area contributed by atoms with Gasteiger partial charge in [0.25, 0.3) is 0 Å². The minimum Gasteiger partial charge on any atom is -0.481 e. The maximum absolute atomic E-state index is 10.7. The van der Waals surface area contributed by atoms with Crippen LogP contribution < -0.4 is 5.32 Å². The predicted octanol–water partition coefficient (Wildman–Crippen LogP) is -0.230. The molecule has 0 saturated carbocycles. The third-order valence-electron chi connectivity index (χ3n) is 2.57. The van der Waals surface area contributed by atoms with Crippen molar-refractivity contribution in [1.82, 2.24) is 5.32 Å². The van der Waals surface area contributed by atoms with Gasteiger partial charge in [-0.2, -0.15) is 0 Å². The van der Waals surface area contributed by atoms with E-state index in [0.717, 1.165) is 0 Å². The third-order valence-corrected chi connectivity index (χ3v) is 2.57. The van der Waals surface area contributed by atoms with Crippen LogP contribution >= 0.6 is 0 Å². The molecule has 0 radical (unpaired) electrons. The van der Waals surface area contributed by atoms with Gasteiger partial charge in [0.15, 0.2) is 0 Å². The number of hydrogen-bond donors (Lipinski definition) is 3. The second kappa shape index (κ2) is 3.74. The molecule has 0 aliphatic carbocycles. The summed E-state index contributed by atoms with van der Waals surface area (Å²) in [6, 6.07) is -0.703. The Balaban J connectivity index is 2.68. The van der Waals surface area contributed by atoms with E-state index in [1.54, 1.807) is 6.92 Å². The SMILES string of the molecule is C[C@@H](C(=O)O)C1CCN[C@@H]1C(=O)O. The van der Waals surface area contributed by atoms with Gasteiger partial charge in [-0.15, -0.1) is 0 Å². The van der Waals surface area contributed by atoms with Crippen LogP contribution in [0, 0.1) is 11.8 Å². The van der Waals surface area contributed by atoms with Gasteiger partial charge in [0.05, 0.1) is 5.92 Å². The van der Waals surface area contributed by atoms with Crippen LogP contribution in [0.3, 0.4) is 0 Å². The van der Waals surface area contributed by atoms with Crippen LogP contribution in [0.2, 0.25) is 0 Å². The van der Waals surface area contributed by atoms with Gasteiger partial charge >= 0.3 is 11.9 Å². The zero-order valence-corrected chi connectivity index (χ0v) is 7.36. The minimum atomic E-state index is -0.962. The van der Waals surface area contributed by atoms with Gasteiger partial charge in [0, 0.05) is 0 Å². The molecule has 1 fully saturated rings. The quantitative estimate of drug-likeness (QED) is 0.568. The molecule has 1 rings (SSSR count). The van der Waals surface area contributed by atoms with Crippen molar-refractivity contribution in [2.45, 2.75) is 19.4 Å². The fraction of sp³-hybridized carbons (Fsp3) is 0.750. The Hall–Kier alpha value is -1.10. The van der Waals surface area contributed by atoms with Gasteiger partial charge in [0.1, 0.15) is 6.04 Å². The minimum absolute atomic E-state index is 0.296. The topological polar surface area (TPSA) is 86.6 Å². The number of rotatable bonds is 3. The molecule has 5 nitrogen and oxygen atoms in total. The first kappa shape index (κ1) is 9.98. The summed E-state index contributed by atoms with van der Waals surface area (Å²) < 4.78 is 0. The molecule has 1 aliphatic rings. The molecular weight excluding hydrogens is 174 g/mol. The van der Waals surface area contributed by atoms with Gasteiger partial charge in [0.2, 0.25) is 0 Å². The molecule has 0 bridgehead atoms. The summed E-state index contributed by atoms with van der Waals surface area (Å²) in [5.41, 5.74) is 0. The monoisotopic (exact) mass is 187 g/mol. The summed E-state index contributed by atoms with van der Waals surface area (Å²) in [7, 11) is 0. The van der Waals surface area contributed by atoms with Crippen LogP contribution in [-0.4, -0.2) is 34.7 Å². The highest BCUT2D eigenvalue weighted by atomic mass is 16.4. The first-order valence-electron chi connectivity index (χ1n) is 4.23. The summed E-state index contributed by atoms with van der Waals surface area (Å²) >= 11 is 0. The highest BCUT2D eigenvalue weighted by Crippen LogP contribution is 2.24. The molecule has 5 heteroatoms. The number of carboxylic acids is 2. The molecule has 0 amide bonds. The van der Waals surface area contributed by atoms with Crippen molar-refractivity contribution in [2.24, 2.45) is 11.8 Å². The van der Waals surface area contributed by atoms with Crippen LogP contribution in [0.25, 0.3) is 0 Å². The first-order valence-corrected chi connectivity index (χ1v) is 4.23. The molecule has 1 unspecified atom stereocenters. The first-order chi connectivity index (χ1) is 6.04. The number of aliphatic carboxylic acids is 2. The summed E-state index contributed by atoms with van der Waals surface area (Å²) in [5, 5.41) is 20.3. The van der Waals surface area contributed by atoms with Crippen LogP contribution in [0.1, 0.15) is 13.3 Å². The Kier molecular flexibility index (Phi) is 2.87. The molecule has 0 aromatic carbocycles. The van der Waals surface area contributed by atoms with Crippen molar-refractivity contribution >= 4 is 11.9 Å². The fourth-order valence-corrected chi connectivity index (χ4v) is 1.72. The Morgan fingerprint density at radius 3 is 2.54 bits per heavy atom. The average molecular weight is 187 g/mol. The Labute approximate surface area is 75.7 Å². The number of carboxylic acid groups (broad SMARTS) is 2. The lowest BCUT2D eigenvalue weighted by Crippen LogP contribution is -2.39. The van der Waals surface area contributed by atoms with E-state index in [4.69, 9.17) is 10.2 Å². The highest BCUT2D eigenvalue weighted by molar-refractivity contribution is 5.77. The van der Waals surface area contributed by atoms with Crippen molar-refractivity contribution in [1.29, 1.82) is 0 Å². The van der Waals surface area contributed by atoms with E-state index in [9.17, 15) is 9.59 Å². The van der Waals surface area contributed by atoms with Crippen molar-refractivity contribution in [3.8, 4) is 0 Å². The average Bonchev–Trinajstić information content (AvgIpc) is 2.50. The van der Waals surface area contributed by atoms with E-state index >= 15 is 0 Å². The predicted molar refractivity (Wildman–Crippen MR) is 44.3 cm³/mol. The van der Waals surface area contributed by atoms with Gasteiger partial charge in [-0.25, -0.2) is 0 Å². The molecular formula is C8H13NO4. The van der Waals surface area contributed by atoms with E-state index in [1.807, 2.05) is 0 Å². The van der Waals surface area contributed by atoms with Crippen molar-refractivity contribution in [3.63, 3.8) is 0 Å². The molecule has 0 aromatic rings. The molecule has 0 spiro atoms. The Morgan fingerprint density at radius 1 is 1.46 bits per heavy atom. The molecule has 1 aliphatic heterocycles. The van der Waals surface area contributed by atoms with Crippen LogP contribution in [0.5, 0.6) is 0 Å². The largest absolute Gasteiger partial charge is 0.481 e. The standard InChI is InChI=1S/C8H13NO4/c1-4(7(10)11)5-2-3-9-6(5)8(12)13/h4-6,9H,2-3H2,1H3,(H,10,11)(H,12,13)/t4-,5?,6+/m1/s1. The molecule has 13 heavy (non-hydrogen) atoms. The van der Waals surface area contributed by atoms with Crippen molar-refractivity contribution < 1.29 is 19.8 Å². The molecule has 1 saturated heterocycles. The van der Waals surface area contributed by atoms with Crippen LogP contribution in [-0.2, 0) is 9.59 Å². The molecule has 74 valence electrons.